The van der Waals surface area contributed by atoms with Gasteiger partial charge in [0, 0.05) is 12.3 Å². The second-order valence-electron chi connectivity index (χ2n) is 5.76. The molecule has 1 aliphatic carbocycles. The van der Waals surface area contributed by atoms with Gasteiger partial charge in [-0.15, -0.1) is 0 Å². The molecule has 0 saturated heterocycles. The van der Waals surface area contributed by atoms with Crippen molar-refractivity contribution in [2.75, 3.05) is 0 Å². The SMILES string of the molecule is CC(CC1CCCC1=O)c1cccc2ccccc12. The monoisotopic (exact) mass is 252 g/mol. The predicted octanol–water partition coefficient (Wildman–Crippen LogP) is 4.70. The van der Waals surface area contributed by atoms with Gasteiger partial charge in [-0.05, 0) is 41.5 Å². The molecule has 0 spiro atoms. The van der Waals surface area contributed by atoms with Crippen molar-refractivity contribution >= 4 is 16.6 Å². The van der Waals surface area contributed by atoms with Crippen molar-refractivity contribution in [3.63, 3.8) is 0 Å². The van der Waals surface area contributed by atoms with Crippen molar-refractivity contribution in [3.05, 3.63) is 48.0 Å². The molecule has 3 rings (SSSR count). The summed E-state index contributed by atoms with van der Waals surface area (Å²) >= 11 is 0. The van der Waals surface area contributed by atoms with Crippen LogP contribution in [0.3, 0.4) is 0 Å². The fraction of sp³-hybridized carbons (Fsp3) is 0.389. The van der Waals surface area contributed by atoms with Crippen molar-refractivity contribution < 1.29 is 4.79 Å². The van der Waals surface area contributed by atoms with E-state index in [0.29, 0.717) is 17.6 Å². The third-order valence-corrected chi connectivity index (χ3v) is 4.42. The van der Waals surface area contributed by atoms with Crippen LogP contribution >= 0.6 is 0 Å². The molecule has 0 heterocycles. The number of benzene rings is 2. The Balaban J connectivity index is 1.89. The molecular formula is C18H20O. The number of hydrogen-bond acceptors (Lipinski definition) is 1. The minimum absolute atomic E-state index is 0.300. The van der Waals surface area contributed by atoms with Gasteiger partial charge in [0.1, 0.15) is 5.78 Å². The molecule has 2 atom stereocenters. The first-order valence-electron chi connectivity index (χ1n) is 7.26. The number of carbonyl (C=O) groups excluding carboxylic acids is 1. The number of carbonyl (C=O) groups is 1. The second kappa shape index (κ2) is 5.16. The molecule has 1 nitrogen and oxygen atoms in total. The van der Waals surface area contributed by atoms with Crippen LogP contribution in [0.4, 0.5) is 0 Å². The van der Waals surface area contributed by atoms with Gasteiger partial charge < -0.3 is 0 Å². The summed E-state index contributed by atoms with van der Waals surface area (Å²) in [5.41, 5.74) is 1.39. The summed E-state index contributed by atoms with van der Waals surface area (Å²) in [5, 5.41) is 2.63. The number of rotatable bonds is 3. The predicted molar refractivity (Wildman–Crippen MR) is 79.3 cm³/mol. The smallest absolute Gasteiger partial charge is 0.135 e. The van der Waals surface area contributed by atoms with E-state index in [2.05, 4.69) is 49.4 Å². The van der Waals surface area contributed by atoms with Crippen LogP contribution in [-0.2, 0) is 4.79 Å². The number of Topliss-reactive ketones (excluding diaryl/α,β-unsaturated/α-hetero) is 1. The lowest BCUT2D eigenvalue weighted by Gasteiger charge is -2.17. The molecule has 0 aromatic heterocycles. The molecule has 0 aliphatic heterocycles. The van der Waals surface area contributed by atoms with Gasteiger partial charge in [-0.2, -0.15) is 0 Å². The van der Waals surface area contributed by atoms with Crippen LogP contribution in [0, 0.1) is 5.92 Å². The molecule has 0 bridgehead atoms. The maximum absolute atomic E-state index is 11.8. The minimum atomic E-state index is 0.300. The van der Waals surface area contributed by atoms with E-state index in [-0.39, 0.29) is 0 Å². The zero-order chi connectivity index (χ0) is 13.2. The van der Waals surface area contributed by atoms with Crippen molar-refractivity contribution in [2.24, 2.45) is 5.92 Å². The fourth-order valence-corrected chi connectivity index (χ4v) is 3.37. The largest absolute Gasteiger partial charge is 0.299 e. The van der Waals surface area contributed by atoms with Crippen molar-refractivity contribution in [2.45, 2.75) is 38.5 Å². The van der Waals surface area contributed by atoms with Gasteiger partial charge in [0.25, 0.3) is 0 Å². The highest BCUT2D eigenvalue weighted by Crippen LogP contribution is 2.34. The quantitative estimate of drug-likeness (QED) is 0.773. The van der Waals surface area contributed by atoms with E-state index in [1.54, 1.807) is 0 Å². The summed E-state index contributed by atoms with van der Waals surface area (Å²) < 4.78 is 0. The molecule has 19 heavy (non-hydrogen) atoms. The molecule has 0 N–H and O–H groups in total. The van der Waals surface area contributed by atoms with Gasteiger partial charge in [0.15, 0.2) is 0 Å². The lowest BCUT2D eigenvalue weighted by molar-refractivity contribution is -0.120. The molecule has 2 unspecified atom stereocenters. The zero-order valence-electron chi connectivity index (χ0n) is 11.4. The summed E-state index contributed by atoms with van der Waals surface area (Å²) in [6, 6.07) is 15.0. The van der Waals surface area contributed by atoms with Gasteiger partial charge in [0.2, 0.25) is 0 Å². The first kappa shape index (κ1) is 12.4. The fourth-order valence-electron chi connectivity index (χ4n) is 3.37. The summed E-state index contributed by atoms with van der Waals surface area (Å²) in [6.45, 7) is 2.26. The number of hydrogen-bond donors (Lipinski definition) is 0. The van der Waals surface area contributed by atoms with Gasteiger partial charge >= 0.3 is 0 Å². The Morgan fingerprint density at radius 1 is 1.16 bits per heavy atom. The Morgan fingerprint density at radius 2 is 1.95 bits per heavy atom. The summed E-state index contributed by atoms with van der Waals surface area (Å²) in [5.74, 6) is 1.24. The van der Waals surface area contributed by atoms with Gasteiger partial charge in [-0.25, -0.2) is 0 Å². The highest BCUT2D eigenvalue weighted by Gasteiger charge is 2.26. The maximum Gasteiger partial charge on any atom is 0.135 e. The molecule has 98 valence electrons. The third kappa shape index (κ3) is 2.42. The number of ketones is 1. The van der Waals surface area contributed by atoms with Crippen LogP contribution < -0.4 is 0 Å². The van der Waals surface area contributed by atoms with E-state index in [0.717, 1.165) is 25.7 Å². The highest BCUT2D eigenvalue weighted by molar-refractivity contribution is 5.86. The van der Waals surface area contributed by atoms with E-state index < -0.39 is 0 Å². The van der Waals surface area contributed by atoms with Crippen molar-refractivity contribution in [1.82, 2.24) is 0 Å². The van der Waals surface area contributed by atoms with Crippen LogP contribution in [0.1, 0.15) is 44.1 Å². The topological polar surface area (TPSA) is 17.1 Å². The molecule has 1 fully saturated rings. The van der Waals surface area contributed by atoms with E-state index in [9.17, 15) is 4.79 Å². The first-order chi connectivity index (χ1) is 9.25. The average molecular weight is 252 g/mol. The standard InChI is InChI=1S/C18H20O/c1-13(12-15-8-5-11-18(15)19)16-10-4-7-14-6-2-3-9-17(14)16/h2-4,6-7,9-10,13,15H,5,8,11-12H2,1H3. The molecule has 2 aromatic carbocycles. The first-order valence-corrected chi connectivity index (χ1v) is 7.26. The van der Waals surface area contributed by atoms with Crippen LogP contribution in [-0.4, -0.2) is 5.78 Å². The zero-order valence-corrected chi connectivity index (χ0v) is 11.4. The summed E-state index contributed by atoms with van der Waals surface area (Å²) in [4.78, 5) is 11.8. The molecule has 2 aromatic rings. The Hall–Kier alpha value is -1.63. The van der Waals surface area contributed by atoms with Crippen molar-refractivity contribution in [1.29, 1.82) is 0 Å². The third-order valence-electron chi connectivity index (χ3n) is 4.42. The normalized spacial score (nSPS) is 20.9. The van der Waals surface area contributed by atoms with Crippen molar-refractivity contribution in [3.8, 4) is 0 Å². The average Bonchev–Trinajstić information content (AvgIpc) is 2.83. The van der Waals surface area contributed by atoms with E-state index in [1.165, 1.54) is 16.3 Å². The molecular weight excluding hydrogens is 232 g/mol. The lowest BCUT2D eigenvalue weighted by Crippen LogP contribution is -2.10. The number of fused-ring (bicyclic) bond motifs is 1. The van der Waals surface area contributed by atoms with Crippen LogP contribution in [0.15, 0.2) is 42.5 Å². The Bertz CT molecular complexity index is 594. The Kier molecular flexibility index (Phi) is 3.37. The second-order valence-corrected chi connectivity index (χ2v) is 5.76. The van der Waals surface area contributed by atoms with Gasteiger partial charge in [-0.1, -0.05) is 49.4 Å². The Labute approximate surface area is 114 Å². The maximum atomic E-state index is 11.8. The van der Waals surface area contributed by atoms with Crippen LogP contribution in [0.5, 0.6) is 0 Å². The summed E-state index contributed by atoms with van der Waals surface area (Å²) in [6.07, 6.45) is 3.99. The summed E-state index contributed by atoms with van der Waals surface area (Å²) in [7, 11) is 0. The van der Waals surface area contributed by atoms with Gasteiger partial charge in [-0.3, -0.25) is 4.79 Å². The van der Waals surface area contributed by atoms with E-state index in [1.807, 2.05) is 0 Å². The highest BCUT2D eigenvalue weighted by atomic mass is 16.1. The minimum Gasteiger partial charge on any atom is -0.299 e. The van der Waals surface area contributed by atoms with Crippen LogP contribution in [0.2, 0.25) is 0 Å². The molecule has 0 amide bonds. The van der Waals surface area contributed by atoms with Crippen LogP contribution in [0.25, 0.3) is 10.8 Å². The molecule has 1 aliphatic rings. The Morgan fingerprint density at radius 3 is 2.74 bits per heavy atom. The molecule has 0 radical (unpaired) electrons. The molecule has 1 heteroatoms. The van der Waals surface area contributed by atoms with Gasteiger partial charge in [0.05, 0.1) is 0 Å². The molecule has 1 saturated carbocycles. The van der Waals surface area contributed by atoms with E-state index >= 15 is 0 Å². The lowest BCUT2D eigenvalue weighted by atomic mass is 9.86. The van der Waals surface area contributed by atoms with E-state index in [4.69, 9.17) is 0 Å².